The second-order valence-electron chi connectivity index (χ2n) is 0.500. The molecule has 15 heavy (non-hydrogen) atoms. The first kappa shape index (κ1) is 89.7. The molecule has 0 rings (SSSR count). The first-order valence-electron chi connectivity index (χ1n) is 1.22. The first-order valence-corrected chi connectivity index (χ1v) is 1.22. The van der Waals surface area contributed by atoms with E-state index in [-0.39, 0.29) is 60.4 Å². The van der Waals surface area contributed by atoms with Gasteiger partial charge in [-0.25, -0.2) is 0 Å². The molecule has 0 aliphatic carbocycles. The summed E-state index contributed by atoms with van der Waals surface area (Å²) in [6, 6.07) is 0. The zero-order valence-electron chi connectivity index (χ0n) is 6.58. The topological polar surface area (TPSA) is 284 Å². The van der Waals surface area contributed by atoms with Gasteiger partial charge in [0.2, 0.25) is 0 Å². The molecule has 0 bridgehead atoms. The third kappa shape index (κ3) is 3780. The van der Waals surface area contributed by atoms with Gasteiger partial charge < -0.3 is 57.4 Å². The van der Waals surface area contributed by atoms with E-state index < -0.39 is 12.3 Å². The van der Waals surface area contributed by atoms with E-state index in [4.69, 9.17) is 30.0 Å². The zero-order chi connectivity index (χ0) is 7.15. The molecule has 0 aromatic carbocycles. The van der Waals surface area contributed by atoms with Crippen LogP contribution in [0.5, 0.6) is 0 Å². The van der Waals surface area contributed by atoms with E-state index in [9.17, 15) is 0 Å². The number of carboxylic acid groups (broad SMARTS) is 4. The van der Waals surface area contributed by atoms with Crippen molar-refractivity contribution >= 4 is 12.3 Å². The van der Waals surface area contributed by atoms with Gasteiger partial charge in [0.05, 0.1) is 0 Å². The summed E-state index contributed by atoms with van der Waals surface area (Å²) in [6.45, 7) is 0. The van der Waals surface area contributed by atoms with E-state index in [2.05, 4.69) is 0 Å². The molecule has 0 fully saturated rings. The monoisotopic (exact) mass is 326 g/mol. The Bertz CT molecular complexity index is 74.6. The van der Waals surface area contributed by atoms with E-state index in [1.165, 1.54) is 0 Å². The van der Waals surface area contributed by atoms with Crippen molar-refractivity contribution in [2.75, 3.05) is 0 Å². The van der Waals surface area contributed by atoms with Gasteiger partial charge in [0, 0.05) is 0 Å². The number of carbonyl (C=O) groups excluding carboxylic acids is 2. The maximum Gasteiger partial charge on any atom is 2.00 e. The van der Waals surface area contributed by atoms with E-state index in [1.54, 1.807) is 0 Å². The van der Waals surface area contributed by atoms with Crippen LogP contribution in [0.2, 0.25) is 0 Å². The van der Waals surface area contributed by atoms with Gasteiger partial charge in [0.15, 0.2) is 0 Å². The van der Waals surface area contributed by atoms with Gasteiger partial charge in [-0.15, -0.1) is 0 Å². The van der Waals surface area contributed by atoms with Crippen LogP contribution in [0.25, 0.3) is 0 Å². The first-order chi connectivity index (χ1) is 3.46. The fourth-order valence-corrected chi connectivity index (χ4v) is 0. The molecule has 10 N–H and O–H groups in total. The summed E-state index contributed by atoms with van der Waals surface area (Å²) in [6.07, 6.45) is -4.67. The largest absolute Gasteiger partial charge is 2.00 e. The summed E-state index contributed by atoms with van der Waals surface area (Å²) in [5.74, 6) is 0. The van der Waals surface area contributed by atoms with E-state index in [0.29, 0.717) is 0 Å². The van der Waals surface area contributed by atoms with Gasteiger partial charge in [-0.3, -0.25) is 0 Å². The Labute approximate surface area is 103 Å². The molecule has 0 radical (unpaired) electrons. The molecule has 0 spiro atoms. The molecule has 0 atom stereocenters. The van der Waals surface area contributed by atoms with E-state index >= 15 is 0 Å². The quantitative estimate of drug-likeness (QED) is 0.388. The van der Waals surface area contributed by atoms with Gasteiger partial charge in [-0.2, -0.15) is 0 Å². The second-order valence-corrected chi connectivity index (χ2v) is 0.500. The van der Waals surface area contributed by atoms with E-state index in [0.717, 1.165) is 0 Å². The minimum atomic E-state index is -2.33. The number of carbonyl (C=O) groups is 2. The minimum Gasteiger partial charge on any atom is -0.652 e. The van der Waals surface area contributed by atoms with Crippen molar-refractivity contribution in [1.82, 2.24) is 0 Å². The molecule has 0 aliphatic heterocycles. The molecular formula is C2H10Ni2O11. The molecular weight excluding hydrogens is 317 g/mol. The summed E-state index contributed by atoms with van der Waals surface area (Å²) in [4.78, 5) is 16.7. The number of hydrogen-bond donors (Lipinski definition) is 0. The maximum atomic E-state index is 8.33. The molecule has 0 amide bonds. The Hall–Kier alpha value is -0.673. The molecule has 0 aromatic rings. The maximum absolute atomic E-state index is 8.33. The number of rotatable bonds is 0. The average molecular weight is 327 g/mol. The van der Waals surface area contributed by atoms with Gasteiger partial charge in [-0.1, -0.05) is 0 Å². The Morgan fingerprint density at radius 3 is 0.533 bits per heavy atom. The van der Waals surface area contributed by atoms with Crippen LogP contribution in [0, 0.1) is 0 Å². The summed E-state index contributed by atoms with van der Waals surface area (Å²) >= 11 is 0. The standard InChI is InChI=1S/2CH2O3.2Ni.5H2O/c2*2-1(3)4;;;;;;;/h2*(H2,2,3,4);;;5*1H2/q;;2*+2;;;;;/p-4. The molecule has 0 aliphatic rings. The third-order valence-electron chi connectivity index (χ3n) is 0. The van der Waals surface area contributed by atoms with Crippen LogP contribution < -0.4 is 20.4 Å². The van der Waals surface area contributed by atoms with Crippen molar-refractivity contribution in [3.05, 3.63) is 0 Å². The van der Waals surface area contributed by atoms with Crippen LogP contribution in [0.15, 0.2) is 0 Å². The summed E-state index contributed by atoms with van der Waals surface area (Å²) in [5, 5.41) is 33.3. The van der Waals surface area contributed by atoms with Gasteiger partial charge in [0.1, 0.15) is 0 Å². The summed E-state index contributed by atoms with van der Waals surface area (Å²) < 4.78 is 0. The van der Waals surface area contributed by atoms with Crippen LogP contribution in [-0.2, 0) is 33.0 Å². The molecule has 0 unspecified atom stereocenters. The fraction of sp³-hybridized carbons (Fsp3) is 0. The normalized spacial score (nSPS) is 3.20. The van der Waals surface area contributed by atoms with Crippen molar-refractivity contribution in [1.29, 1.82) is 0 Å². The van der Waals surface area contributed by atoms with Crippen LogP contribution in [0.4, 0.5) is 9.59 Å². The van der Waals surface area contributed by atoms with Gasteiger partial charge in [0.25, 0.3) is 0 Å². The van der Waals surface area contributed by atoms with Crippen molar-refractivity contribution in [2.24, 2.45) is 0 Å². The Morgan fingerprint density at radius 1 is 0.533 bits per heavy atom. The smallest absolute Gasteiger partial charge is 0.652 e. The third-order valence-corrected chi connectivity index (χ3v) is 0. The number of hydrogen-bond acceptors (Lipinski definition) is 6. The van der Waals surface area contributed by atoms with Crippen molar-refractivity contribution in [3.63, 3.8) is 0 Å². The molecule has 11 nitrogen and oxygen atoms in total. The van der Waals surface area contributed by atoms with Crippen LogP contribution in [0.3, 0.4) is 0 Å². The molecule has 0 heterocycles. The Morgan fingerprint density at radius 2 is 0.533 bits per heavy atom. The average Bonchev–Trinajstić information content (AvgIpc) is 1.25. The van der Waals surface area contributed by atoms with Crippen molar-refractivity contribution < 1.29 is 90.4 Å². The predicted molar refractivity (Wildman–Crippen MR) is 28.9 cm³/mol. The van der Waals surface area contributed by atoms with Crippen LogP contribution in [-0.4, -0.2) is 39.7 Å². The Balaban J connectivity index is -0.00000000468. The van der Waals surface area contributed by atoms with Gasteiger partial charge >= 0.3 is 33.0 Å². The Kier molecular flexibility index (Phi) is 427. The second kappa shape index (κ2) is 71.4. The molecule has 104 valence electrons. The SMILES string of the molecule is O.O.O.O.O.O=C([O-])[O-].O=C([O-])[O-].[Ni+2].[Ni+2]. The van der Waals surface area contributed by atoms with Crippen LogP contribution in [0.1, 0.15) is 0 Å². The molecule has 13 heteroatoms. The van der Waals surface area contributed by atoms with Crippen molar-refractivity contribution in [3.8, 4) is 0 Å². The zero-order valence-corrected chi connectivity index (χ0v) is 8.56. The summed E-state index contributed by atoms with van der Waals surface area (Å²) in [5.41, 5.74) is 0. The van der Waals surface area contributed by atoms with E-state index in [1.807, 2.05) is 0 Å². The van der Waals surface area contributed by atoms with Crippen molar-refractivity contribution in [2.45, 2.75) is 0 Å². The minimum absolute atomic E-state index is 0. The fourth-order valence-electron chi connectivity index (χ4n) is 0. The van der Waals surface area contributed by atoms with Gasteiger partial charge in [-0.05, 0) is 12.3 Å². The predicted octanol–water partition coefficient (Wildman–Crippen LogP) is -9.02. The van der Waals surface area contributed by atoms with Crippen LogP contribution >= 0.6 is 0 Å². The molecule has 0 saturated heterocycles. The summed E-state index contributed by atoms with van der Waals surface area (Å²) in [7, 11) is 0. The molecule has 0 saturated carbocycles. The molecule has 0 aromatic heterocycles.